The molecular weight excluding hydrogens is 308 g/mol. The van der Waals surface area contributed by atoms with Crippen molar-refractivity contribution < 1.29 is 37.0 Å². The van der Waals surface area contributed by atoms with Gasteiger partial charge in [-0.15, -0.1) is 12.6 Å². The van der Waals surface area contributed by atoms with Crippen molar-refractivity contribution in [3.05, 3.63) is 28.3 Å². The van der Waals surface area contributed by atoms with Crippen molar-refractivity contribution in [2.45, 2.75) is 9.79 Å². The molecule has 0 spiro atoms. The van der Waals surface area contributed by atoms with Crippen LogP contribution in [-0.2, 0) is 33.8 Å². The second-order valence-electron chi connectivity index (χ2n) is 2.53. The average Bonchev–Trinajstić information content (AvgIpc) is 2.17. The second-order valence-corrected chi connectivity index (χ2v) is 4.72. The van der Waals surface area contributed by atoms with Gasteiger partial charge in [0.05, 0.1) is 16.9 Å². The fraction of sp³-hybridized carbons (Fsp3) is 0.143. The van der Waals surface area contributed by atoms with Gasteiger partial charge in [-0.05, 0) is 12.1 Å². The van der Waals surface area contributed by atoms with Gasteiger partial charge in [-0.3, -0.25) is 14.3 Å². The van der Waals surface area contributed by atoms with Gasteiger partial charge in [-0.2, -0.15) is 8.42 Å². The summed E-state index contributed by atoms with van der Waals surface area (Å²) in [7, 11) is -2.93. The molecular formula is C7H7NO5S2Zn+2. The topological polar surface area (TPSA) is 86.5 Å². The maximum atomic E-state index is 11.2. The van der Waals surface area contributed by atoms with Crippen molar-refractivity contribution in [1.29, 1.82) is 0 Å². The summed E-state index contributed by atoms with van der Waals surface area (Å²) in [6.45, 7) is 0. The fourth-order valence-corrected chi connectivity index (χ4v) is 1.81. The van der Waals surface area contributed by atoms with E-state index in [1.54, 1.807) is 0 Å². The molecule has 0 fully saturated rings. The summed E-state index contributed by atoms with van der Waals surface area (Å²) in [4.78, 5) is 9.62. The van der Waals surface area contributed by atoms with E-state index in [9.17, 15) is 18.5 Å². The van der Waals surface area contributed by atoms with Gasteiger partial charge in [0.2, 0.25) is 0 Å². The van der Waals surface area contributed by atoms with E-state index >= 15 is 0 Å². The van der Waals surface area contributed by atoms with E-state index in [1.807, 2.05) is 0 Å². The molecule has 82 valence electrons. The minimum Gasteiger partial charge on any atom is -0.270 e. The van der Waals surface area contributed by atoms with Crippen LogP contribution in [0.1, 0.15) is 0 Å². The van der Waals surface area contributed by atoms with Crippen LogP contribution in [0.4, 0.5) is 5.69 Å². The molecule has 1 aromatic carbocycles. The maximum absolute atomic E-state index is 11.2. The zero-order chi connectivity index (χ0) is 11.6. The summed E-state index contributed by atoms with van der Waals surface area (Å²) < 4.78 is 26.7. The number of nitro groups is 1. The van der Waals surface area contributed by atoms with E-state index < -0.39 is 15.0 Å². The SMILES string of the molecule is COS(=O)(=O)c1ccc(S)c([N+](=O)[O-])c1.[Zn+2]. The molecule has 6 nitrogen and oxygen atoms in total. The number of thiol groups is 1. The Morgan fingerprint density at radius 3 is 2.44 bits per heavy atom. The number of benzene rings is 1. The van der Waals surface area contributed by atoms with Crippen molar-refractivity contribution in [3.8, 4) is 0 Å². The molecule has 16 heavy (non-hydrogen) atoms. The Hall–Kier alpha value is -0.497. The molecule has 0 radical (unpaired) electrons. The predicted molar refractivity (Wildman–Crippen MR) is 54.5 cm³/mol. The molecule has 0 N–H and O–H groups in total. The quantitative estimate of drug-likeness (QED) is 0.298. The van der Waals surface area contributed by atoms with Gasteiger partial charge in [0, 0.05) is 6.07 Å². The van der Waals surface area contributed by atoms with Crippen molar-refractivity contribution in [1.82, 2.24) is 0 Å². The van der Waals surface area contributed by atoms with Crippen LogP contribution in [0, 0.1) is 10.1 Å². The molecule has 0 atom stereocenters. The molecule has 0 aromatic heterocycles. The van der Waals surface area contributed by atoms with Gasteiger partial charge in [-0.1, -0.05) is 0 Å². The largest absolute Gasteiger partial charge is 2.00 e. The van der Waals surface area contributed by atoms with E-state index in [-0.39, 0.29) is 35.0 Å². The maximum Gasteiger partial charge on any atom is 2.00 e. The van der Waals surface area contributed by atoms with E-state index in [2.05, 4.69) is 16.8 Å². The van der Waals surface area contributed by atoms with Crippen molar-refractivity contribution >= 4 is 28.4 Å². The normalized spacial score (nSPS) is 10.6. The summed E-state index contributed by atoms with van der Waals surface area (Å²) in [6, 6.07) is 3.32. The van der Waals surface area contributed by atoms with Gasteiger partial charge in [-0.25, -0.2) is 0 Å². The van der Waals surface area contributed by atoms with E-state index in [1.165, 1.54) is 12.1 Å². The number of nitro benzene ring substituents is 1. The average molecular weight is 315 g/mol. The molecule has 0 aliphatic heterocycles. The Bertz CT molecular complexity index is 501. The Balaban J connectivity index is 0.00000225. The zero-order valence-corrected chi connectivity index (χ0v) is 13.0. The minimum absolute atomic E-state index is 0. The van der Waals surface area contributed by atoms with Crippen LogP contribution < -0.4 is 0 Å². The van der Waals surface area contributed by atoms with Gasteiger partial charge >= 0.3 is 19.5 Å². The molecule has 1 rings (SSSR count). The van der Waals surface area contributed by atoms with Crippen molar-refractivity contribution in [3.63, 3.8) is 0 Å². The Labute approximate surface area is 110 Å². The van der Waals surface area contributed by atoms with Crippen molar-refractivity contribution in [2.24, 2.45) is 0 Å². The molecule has 0 unspecified atom stereocenters. The number of hydrogen-bond acceptors (Lipinski definition) is 6. The summed E-state index contributed by atoms with van der Waals surface area (Å²) in [5, 5.41) is 10.5. The first-order valence-electron chi connectivity index (χ1n) is 3.66. The molecule has 0 aliphatic carbocycles. The first-order valence-corrected chi connectivity index (χ1v) is 5.52. The number of nitrogens with zero attached hydrogens (tertiary/aromatic N) is 1. The first kappa shape index (κ1) is 15.5. The summed E-state index contributed by atoms with van der Waals surface area (Å²) >= 11 is 3.83. The Kier molecular flexibility index (Phi) is 5.54. The summed E-state index contributed by atoms with van der Waals surface area (Å²) in [6.07, 6.45) is 0. The Morgan fingerprint density at radius 1 is 1.44 bits per heavy atom. The van der Waals surface area contributed by atoms with Gasteiger partial charge in [0.25, 0.3) is 15.8 Å². The minimum atomic E-state index is -3.91. The van der Waals surface area contributed by atoms with E-state index in [4.69, 9.17) is 0 Å². The summed E-state index contributed by atoms with van der Waals surface area (Å²) in [5.74, 6) is 0. The molecule has 9 heteroatoms. The third kappa shape index (κ3) is 3.25. The molecule has 0 amide bonds. The van der Waals surface area contributed by atoms with E-state index in [0.717, 1.165) is 13.2 Å². The number of hydrogen-bond donors (Lipinski definition) is 1. The van der Waals surface area contributed by atoms with Crippen LogP contribution in [0.2, 0.25) is 0 Å². The molecule has 0 heterocycles. The Morgan fingerprint density at radius 2 is 2.00 bits per heavy atom. The fourth-order valence-electron chi connectivity index (χ4n) is 0.901. The number of rotatable bonds is 3. The van der Waals surface area contributed by atoms with E-state index in [0.29, 0.717) is 0 Å². The molecule has 0 aliphatic rings. The smallest absolute Gasteiger partial charge is 0.270 e. The third-order valence-electron chi connectivity index (χ3n) is 1.65. The molecule has 0 saturated carbocycles. The monoisotopic (exact) mass is 313 g/mol. The predicted octanol–water partition coefficient (Wildman–Crippen LogP) is 1.22. The van der Waals surface area contributed by atoms with Gasteiger partial charge in [0.15, 0.2) is 0 Å². The van der Waals surface area contributed by atoms with Crippen molar-refractivity contribution in [2.75, 3.05) is 7.11 Å². The second kappa shape index (κ2) is 5.72. The zero-order valence-electron chi connectivity index (χ0n) is 8.28. The molecule has 0 bridgehead atoms. The van der Waals surface area contributed by atoms with Crippen LogP contribution in [0.15, 0.2) is 28.0 Å². The molecule has 1 aromatic rings. The molecule has 0 saturated heterocycles. The van der Waals surface area contributed by atoms with Gasteiger partial charge < -0.3 is 0 Å². The van der Waals surface area contributed by atoms with Gasteiger partial charge in [0.1, 0.15) is 4.90 Å². The van der Waals surface area contributed by atoms with Crippen LogP contribution in [0.5, 0.6) is 0 Å². The van der Waals surface area contributed by atoms with Crippen LogP contribution in [0.25, 0.3) is 0 Å². The third-order valence-corrected chi connectivity index (χ3v) is 3.30. The van der Waals surface area contributed by atoms with Crippen LogP contribution in [0.3, 0.4) is 0 Å². The van der Waals surface area contributed by atoms with Crippen LogP contribution >= 0.6 is 12.6 Å². The summed E-state index contributed by atoms with van der Waals surface area (Å²) in [5.41, 5.74) is -0.378. The van der Waals surface area contributed by atoms with Crippen LogP contribution in [-0.4, -0.2) is 20.5 Å². The standard InChI is InChI=1S/C7H7NO5S2.Zn/c1-13-15(11,12)5-2-3-7(14)6(4-5)8(9)10;/h2-4,14H,1H3;/q;+2. The first-order chi connectivity index (χ1) is 6.88.